The van der Waals surface area contributed by atoms with Crippen molar-refractivity contribution < 1.29 is 9.59 Å². The van der Waals surface area contributed by atoms with Crippen LogP contribution in [0.2, 0.25) is 5.02 Å². The van der Waals surface area contributed by atoms with E-state index in [1.54, 1.807) is 18.2 Å². The van der Waals surface area contributed by atoms with E-state index >= 15 is 0 Å². The van der Waals surface area contributed by atoms with Gasteiger partial charge in [-0.2, -0.15) is 0 Å². The van der Waals surface area contributed by atoms with Crippen LogP contribution in [0.25, 0.3) is 0 Å². The van der Waals surface area contributed by atoms with E-state index in [0.29, 0.717) is 10.7 Å². The molecule has 0 aromatic heterocycles. The molecule has 7 heteroatoms. The van der Waals surface area contributed by atoms with Crippen LogP contribution in [0, 0.1) is 13.8 Å². The quantitative estimate of drug-likeness (QED) is 0.699. The number of anilines is 1. The van der Waals surface area contributed by atoms with Crippen molar-refractivity contribution >= 4 is 41.5 Å². The molecule has 4 N–H and O–H groups in total. The Morgan fingerprint density at radius 1 is 1.12 bits per heavy atom. The SMILES string of the molecule is Cc1ccc(C(N)C(=O)NCCC(=O)Nc2cccc(Cl)c2C)cc1.Cl. The second-order valence-electron chi connectivity index (χ2n) is 5.89. The van der Waals surface area contributed by atoms with Crippen LogP contribution in [0.3, 0.4) is 0 Å². The summed E-state index contributed by atoms with van der Waals surface area (Å²) in [6.45, 7) is 4.01. The Balaban J connectivity index is 0.00000338. The maximum atomic E-state index is 12.1. The number of rotatable bonds is 6. The van der Waals surface area contributed by atoms with E-state index in [9.17, 15) is 9.59 Å². The van der Waals surface area contributed by atoms with E-state index in [4.69, 9.17) is 17.3 Å². The molecule has 1 unspecified atom stereocenters. The molecule has 1 atom stereocenters. The van der Waals surface area contributed by atoms with Gasteiger partial charge in [-0.15, -0.1) is 12.4 Å². The van der Waals surface area contributed by atoms with Crippen LogP contribution in [-0.2, 0) is 9.59 Å². The topological polar surface area (TPSA) is 84.2 Å². The molecule has 0 aliphatic rings. The zero-order valence-corrected chi connectivity index (χ0v) is 16.3. The van der Waals surface area contributed by atoms with Gasteiger partial charge in [-0.05, 0) is 37.1 Å². The van der Waals surface area contributed by atoms with Gasteiger partial charge in [0.15, 0.2) is 0 Å². The molecule has 0 aliphatic carbocycles. The fraction of sp³-hybridized carbons (Fsp3) is 0.263. The standard InChI is InChI=1S/C19H22ClN3O2.ClH/c1-12-6-8-14(9-7-12)18(21)19(25)22-11-10-17(24)23-16-5-3-4-15(20)13(16)2;/h3-9,18H,10-11,21H2,1-2H3,(H,22,25)(H,23,24);1H. The predicted octanol–water partition coefficient (Wildman–Crippen LogP) is 3.52. The van der Waals surface area contributed by atoms with Gasteiger partial charge in [0.2, 0.25) is 11.8 Å². The highest BCUT2D eigenvalue weighted by Crippen LogP contribution is 2.22. The lowest BCUT2D eigenvalue weighted by molar-refractivity contribution is -0.122. The molecule has 26 heavy (non-hydrogen) atoms. The zero-order valence-electron chi connectivity index (χ0n) is 14.7. The van der Waals surface area contributed by atoms with Crippen LogP contribution in [-0.4, -0.2) is 18.4 Å². The maximum absolute atomic E-state index is 12.1. The number of carbonyl (C=O) groups is 2. The van der Waals surface area contributed by atoms with E-state index < -0.39 is 6.04 Å². The molecule has 2 amide bonds. The van der Waals surface area contributed by atoms with Crippen LogP contribution in [0.15, 0.2) is 42.5 Å². The van der Waals surface area contributed by atoms with Crippen molar-refractivity contribution in [3.8, 4) is 0 Å². The van der Waals surface area contributed by atoms with Crippen molar-refractivity contribution in [2.45, 2.75) is 26.3 Å². The number of aryl methyl sites for hydroxylation is 1. The lowest BCUT2D eigenvalue weighted by Gasteiger charge is -2.13. The third kappa shape index (κ3) is 6.02. The number of halogens is 2. The summed E-state index contributed by atoms with van der Waals surface area (Å²) in [4.78, 5) is 24.1. The molecule has 2 aromatic carbocycles. The van der Waals surface area contributed by atoms with Crippen molar-refractivity contribution in [1.29, 1.82) is 0 Å². The summed E-state index contributed by atoms with van der Waals surface area (Å²) in [6, 6.07) is 12.0. The van der Waals surface area contributed by atoms with E-state index in [1.807, 2.05) is 38.1 Å². The molecule has 0 saturated carbocycles. The van der Waals surface area contributed by atoms with Gasteiger partial charge < -0.3 is 16.4 Å². The molecule has 0 heterocycles. The van der Waals surface area contributed by atoms with E-state index in [-0.39, 0.29) is 37.2 Å². The van der Waals surface area contributed by atoms with E-state index in [2.05, 4.69) is 10.6 Å². The Morgan fingerprint density at radius 3 is 2.42 bits per heavy atom. The fourth-order valence-corrected chi connectivity index (χ4v) is 2.46. The lowest BCUT2D eigenvalue weighted by atomic mass is 10.1. The molecule has 0 saturated heterocycles. The largest absolute Gasteiger partial charge is 0.354 e. The fourth-order valence-electron chi connectivity index (χ4n) is 2.29. The molecule has 0 radical (unpaired) electrons. The van der Waals surface area contributed by atoms with Gasteiger partial charge in [0.25, 0.3) is 0 Å². The first kappa shape index (κ1) is 22.0. The van der Waals surface area contributed by atoms with Crippen LogP contribution >= 0.6 is 24.0 Å². The number of nitrogens with two attached hydrogens (primary N) is 1. The van der Waals surface area contributed by atoms with Gasteiger partial charge in [0.05, 0.1) is 0 Å². The highest BCUT2D eigenvalue weighted by molar-refractivity contribution is 6.31. The molecule has 2 aromatic rings. The zero-order chi connectivity index (χ0) is 18.4. The molecular formula is C19H23Cl2N3O2. The third-order valence-corrected chi connectivity index (χ3v) is 4.32. The van der Waals surface area contributed by atoms with Gasteiger partial charge in [-0.1, -0.05) is 47.5 Å². The Hall–Kier alpha value is -2.08. The molecule has 0 spiro atoms. The minimum atomic E-state index is -0.751. The number of amides is 2. The first-order valence-corrected chi connectivity index (χ1v) is 8.41. The second kappa shape index (κ2) is 10.2. The summed E-state index contributed by atoms with van der Waals surface area (Å²) in [5.41, 5.74) is 9.25. The van der Waals surface area contributed by atoms with Crippen molar-refractivity contribution in [3.63, 3.8) is 0 Å². The monoisotopic (exact) mass is 395 g/mol. The summed E-state index contributed by atoms with van der Waals surface area (Å²) < 4.78 is 0. The van der Waals surface area contributed by atoms with Crippen molar-refractivity contribution in [3.05, 3.63) is 64.2 Å². The summed E-state index contributed by atoms with van der Waals surface area (Å²) in [7, 11) is 0. The minimum Gasteiger partial charge on any atom is -0.354 e. The van der Waals surface area contributed by atoms with Crippen LogP contribution in [0.1, 0.15) is 29.2 Å². The van der Waals surface area contributed by atoms with Crippen LogP contribution in [0.4, 0.5) is 5.69 Å². The van der Waals surface area contributed by atoms with Gasteiger partial charge >= 0.3 is 0 Å². The first-order chi connectivity index (χ1) is 11.9. The normalized spacial score (nSPS) is 11.2. The molecule has 140 valence electrons. The Labute approximate surface area is 164 Å². The number of hydrogen-bond donors (Lipinski definition) is 3. The van der Waals surface area contributed by atoms with Crippen LogP contribution < -0.4 is 16.4 Å². The summed E-state index contributed by atoms with van der Waals surface area (Å²) in [5.74, 6) is -0.509. The predicted molar refractivity (Wildman–Crippen MR) is 108 cm³/mol. The summed E-state index contributed by atoms with van der Waals surface area (Å²) in [5, 5.41) is 6.07. The number of nitrogens with one attached hydrogen (secondary N) is 2. The third-order valence-electron chi connectivity index (χ3n) is 3.91. The lowest BCUT2D eigenvalue weighted by Crippen LogP contribution is -2.35. The van der Waals surface area contributed by atoms with Crippen molar-refractivity contribution in [2.24, 2.45) is 5.73 Å². The van der Waals surface area contributed by atoms with Crippen molar-refractivity contribution in [1.82, 2.24) is 5.32 Å². The number of benzene rings is 2. The average Bonchev–Trinajstić information content (AvgIpc) is 2.59. The molecule has 0 fully saturated rings. The Morgan fingerprint density at radius 2 is 1.77 bits per heavy atom. The minimum absolute atomic E-state index is 0. The summed E-state index contributed by atoms with van der Waals surface area (Å²) in [6.07, 6.45) is 0.151. The van der Waals surface area contributed by atoms with Gasteiger partial charge in [-0.3, -0.25) is 9.59 Å². The Bertz CT molecular complexity index is 764. The van der Waals surface area contributed by atoms with Gasteiger partial charge in [0, 0.05) is 23.7 Å². The van der Waals surface area contributed by atoms with Gasteiger partial charge in [0.1, 0.15) is 6.04 Å². The molecule has 0 bridgehead atoms. The molecular weight excluding hydrogens is 373 g/mol. The first-order valence-electron chi connectivity index (χ1n) is 8.03. The molecule has 0 aliphatic heterocycles. The van der Waals surface area contributed by atoms with E-state index in [1.165, 1.54) is 0 Å². The van der Waals surface area contributed by atoms with Gasteiger partial charge in [-0.25, -0.2) is 0 Å². The maximum Gasteiger partial charge on any atom is 0.241 e. The number of hydrogen-bond acceptors (Lipinski definition) is 3. The summed E-state index contributed by atoms with van der Waals surface area (Å²) >= 11 is 6.02. The van der Waals surface area contributed by atoms with E-state index in [0.717, 1.165) is 16.7 Å². The highest BCUT2D eigenvalue weighted by Gasteiger charge is 2.15. The molecule has 2 rings (SSSR count). The second-order valence-corrected chi connectivity index (χ2v) is 6.30. The molecule has 5 nitrogen and oxygen atoms in total. The smallest absolute Gasteiger partial charge is 0.241 e. The highest BCUT2D eigenvalue weighted by atomic mass is 35.5. The number of carbonyl (C=O) groups excluding carboxylic acids is 2. The van der Waals surface area contributed by atoms with Crippen LogP contribution in [0.5, 0.6) is 0 Å². The van der Waals surface area contributed by atoms with Crippen molar-refractivity contribution in [2.75, 3.05) is 11.9 Å². The average molecular weight is 396 g/mol. The Kier molecular flexibility index (Phi) is 8.58.